The van der Waals surface area contributed by atoms with Crippen molar-refractivity contribution >= 4 is 23.4 Å². The summed E-state index contributed by atoms with van der Waals surface area (Å²) in [4.78, 5) is 23.9. The number of carbonyl (C=O) groups excluding carboxylic acids is 1. The maximum atomic E-state index is 12.4. The Morgan fingerprint density at radius 2 is 2.19 bits per heavy atom. The number of aromatic nitrogens is 2. The van der Waals surface area contributed by atoms with Crippen LogP contribution < -0.4 is 15.6 Å². The Kier molecular flexibility index (Phi) is 4.85. The quantitative estimate of drug-likeness (QED) is 0.650. The van der Waals surface area contributed by atoms with Gasteiger partial charge in [0.15, 0.2) is 7.05 Å². The summed E-state index contributed by atoms with van der Waals surface area (Å²) in [6.07, 6.45) is 0.604. The fraction of sp³-hybridized carbons (Fsp3) is 0.357. The van der Waals surface area contributed by atoms with Crippen molar-refractivity contribution in [2.45, 2.75) is 30.5 Å². The highest BCUT2D eigenvalue weighted by atomic mass is 32.2. The summed E-state index contributed by atoms with van der Waals surface area (Å²) >= 11 is 1.20. The minimum atomic E-state index is -0.468. The Labute approximate surface area is 126 Å². The van der Waals surface area contributed by atoms with E-state index >= 15 is 0 Å². The topological polar surface area (TPSA) is 79.0 Å². The number of aryl methyl sites for hydroxylation is 2. The Morgan fingerprint density at radius 3 is 2.76 bits per heavy atom. The average Bonchev–Trinajstić information content (AvgIpc) is 2.78. The number of para-hydroxylation sites is 1. The molecule has 1 amide bonds. The Hall–Kier alpha value is -2.02. The van der Waals surface area contributed by atoms with Crippen molar-refractivity contribution in [2.24, 2.45) is 7.05 Å². The van der Waals surface area contributed by atoms with Crippen LogP contribution in [0, 0.1) is 6.92 Å². The maximum Gasteiger partial charge on any atom is 0.441 e. The van der Waals surface area contributed by atoms with Crippen LogP contribution in [0.25, 0.3) is 0 Å². The second-order valence-corrected chi connectivity index (χ2v) is 5.86. The average molecular weight is 308 g/mol. The third-order valence-electron chi connectivity index (χ3n) is 3.07. The van der Waals surface area contributed by atoms with E-state index in [0.29, 0.717) is 11.4 Å². The standard InChI is InChI=1S/C14H17N3O3S/c1-4-11(21-13-14(19)20-16-17(13)3)12(18)15-10-8-6-5-7-9(10)2/h5-8,11H,4H2,1-3H3,(H-,15,16,18,19)/p+1. The number of nitrogens with zero attached hydrogens (tertiary/aromatic N) is 1. The van der Waals surface area contributed by atoms with Gasteiger partial charge in [-0.3, -0.25) is 9.32 Å². The SMILES string of the molecule is CCC(Sc1c(=O)o[nH][n+]1C)C(=O)Nc1ccccc1C. The molecule has 0 aliphatic heterocycles. The first kappa shape index (κ1) is 15.4. The number of thioether (sulfide) groups is 1. The van der Waals surface area contributed by atoms with Crippen LogP contribution in [0.15, 0.2) is 38.6 Å². The molecule has 112 valence electrons. The van der Waals surface area contributed by atoms with E-state index in [1.165, 1.54) is 16.4 Å². The Bertz CT molecular complexity index is 693. The molecule has 1 atom stereocenters. The van der Waals surface area contributed by atoms with Crippen LogP contribution in [0.5, 0.6) is 0 Å². The summed E-state index contributed by atoms with van der Waals surface area (Å²) in [7, 11) is 1.67. The van der Waals surface area contributed by atoms with Crippen molar-refractivity contribution < 1.29 is 14.0 Å². The van der Waals surface area contributed by atoms with Crippen LogP contribution in [0.2, 0.25) is 0 Å². The number of hydrogen-bond donors (Lipinski definition) is 2. The van der Waals surface area contributed by atoms with Gasteiger partial charge in [0.05, 0.1) is 5.25 Å². The summed E-state index contributed by atoms with van der Waals surface area (Å²) in [5.41, 5.74) is 1.31. The van der Waals surface area contributed by atoms with Crippen LogP contribution >= 0.6 is 11.8 Å². The molecule has 0 spiro atoms. The molecule has 2 N–H and O–H groups in total. The van der Waals surface area contributed by atoms with Gasteiger partial charge >= 0.3 is 10.7 Å². The maximum absolute atomic E-state index is 12.4. The first-order valence-corrected chi connectivity index (χ1v) is 7.51. The van der Waals surface area contributed by atoms with Gasteiger partial charge in [-0.25, -0.2) is 4.79 Å². The number of carbonyl (C=O) groups is 1. The van der Waals surface area contributed by atoms with Crippen LogP contribution in [0.3, 0.4) is 0 Å². The molecule has 21 heavy (non-hydrogen) atoms. The number of rotatable bonds is 5. The van der Waals surface area contributed by atoms with Crippen molar-refractivity contribution in [3.05, 3.63) is 40.2 Å². The minimum Gasteiger partial charge on any atom is -0.325 e. The zero-order valence-corrected chi connectivity index (χ0v) is 13.0. The third kappa shape index (κ3) is 3.55. The first-order chi connectivity index (χ1) is 10.0. The summed E-state index contributed by atoms with van der Waals surface area (Å²) < 4.78 is 6.16. The van der Waals surface area contributed by atoms with Gasteiger partial charge in [-0.15, -0.1) is 0 Å². The zero-order valence-electron chi connectivity index (χ0n) is 12.2. The van der Waals surface area contributed by atoms with Gasteiger partial charge in [0, 0.05) is 5.69 Å². The number of aromatic amines is 1. The van der Waals surface area contributed by atoms with E-state index in [1.807, 2.05) is 38.1 Å². The van der Waals surface area contributed by atoms with Crippen molar-refractivity contribution in [3.63, 3.8) is 0 Å². The predicted molar refractivity (Wildman–Crippen MR) is 80.2 cm³/mol. The second-order valence-electron chi connectivity index (χ2n) is 4.66. The molecule has 0 saturated heterocycles. The lowest BCUT2D eigenvalue weighted by Crippen LogP contribution is -2.35. The summed E-state index contributed by atoms with van der Waals surface area (Å²) in [5, 5.41) is 5.35. The van der Waals surface area contributed by atoms with E-state index in [2.05, 4.69) is 15.1 Å². The van der Waals surface area contributed by atoms with Gasteiger partial charge in [0.1, 0.15) is 0 Å². The molecular formula is C14H18N3O3S+. The normalized spacial score (nSPS) is 12.1. The fourth-order valence-corrected chi connectivity index (χ4v) is 2.78. The monoisotopic (exact) mass is 308 g/mol. The van der Waals surface area contributed by atoms with Gasteiger partial charge < -0.3 is 5.32 Å². The van der Waals surface area contributed by atoms with Gasteiger partial charge in [0.25, 0.3) is 0 Å². The van der Waals surface area contributed by atoms with E-state index in [0.717, 1.165) is 11.3 Å². The fourth-order valence-electron chi connectivity index (χ4n) is 1.84. The third-order valence-corrected chi connectivity index (χ3v) is 4.57. The van der Waals surface area contributed by atoms with Crippen LogP contribution in [-0.2, 0) is 11.8 Å². The molecule has 7 heteroatoms. The lowest BCUT2D eigenvalue weighted by Gasteiger charge is -2.13. The molecular weight excluding hydrogens is 290 g/mol. The second kappa shape index (κ2) is 6.62. The molecule has 0 radical (unpaired) electrons. The number of H-pyrrole nitrogens is 1. The number of amides is 1. The highest BCUT2D eigenvalue weighted by molar-refractivity contribution is 8.00. The molecule has 1 aromatic carbocycles. The molecule has 2 rings (SSSR count). The molecule has 0 saturated carbocycles. The minimum absolute atomic E-state index is 0.127. The van der Waals surface area contributed by atoms with Gasteiger partial charge in [-0.1, -0.05) is 29.8 Å². The van der Waals surface area contributed by atoms with Crippen LogP contribution in [0.4, 0.5) is 5.69 Å². The molecule has 1 heterocycles. The molecule has 6 nitrogen and oxygen atoms in total. The van der Waals surface area contributed by atoms with Crippen molar-refractivity contribution in [1.29, 1.82) is 0 Å². The molecule has 0 bridgehead atoms. The lowest BCUT2D eigenvalue weighted by atomic mass is 10.2. The van der Waals surface area contributed by atoms with E-state index < -0.39 is 5.63 Å². The molecule has 1 aromatic heterocycles. The molecule has 0 aliphatic carbocycles. The highest BCUT2D eigenvalue weighted by Crippen LogP contribution is 2.22. The smallest absolute Gasteiger partial charge is 0.325 e. The van der Waals surface area contributed by atoms with Gasteiger partial charge in [-0.05, 0) is 42.0 Å². The number of benzene rings is 1. The van der Waals surface area contributed by atoms with Crippen molar-refractivity contribution in [2.75, 3.05) is 5.32 Å². The molecule has 2 aromatic rings. The first-order valence-electron chi connectivity index (χ1n) is 6.63. The molecule has 0 fully saturated rings. The Morgan fingerprint density at radius 1 is 1.48 bits per heavy atom. The summed E-state index contributed by atoms with van der Waals surface area (Å²) in [6, 6.07) is 7.58. The van der Waals surface area contributed by atoms with Crippen molar-refractivity contribution in [3.8, 4) is 0 Å². The van der Waals surface area contributed by atoms with Crippen molar-refractivity contribution in [1.82, 2.24) is 5.27 Å². The number of anilines is 1. The Balaban J connectivity index is 2.13. The van der Waals surface area contributed by atoms with E-state index in [9.17, 15) is 9.59 Å². The summed E-state index contributed by atoms with van der Waals surface area (Å²) in [6.45, 7) is 3.84. The lowest BCUT2D eigenvalue weighted by molar-refractivity contribution is -0.772. The zero-order chi connectivity index (χ0) is 15.4. The van der Waals surface area contributed by atoms with Crippen LogP contribution in [-0.4, -0.2) is 16.4 Å². The molecule has 1 unspecified atom stereocenters. The largest absolute Gasteiger partial charge is 0.441 e. The van der Waals surface area contributed by atoms with E-state index in [-0.39, 0.29) is 11.2 Å². The van der Waals surface area contributed by atoms with E-state index in [4.69, 9.17) is 0 Å². The van der Waals surface area contributed by atoms with Crippen LogP contribution in [0.1, 0.15) is 18.9 Å². The number of hydrogen-bond acceptors (Lipinski definition) is 4. The summed E-state index contributed by atoms with van der Waals surface area (Å²) in [5.74, 6) is -0.127. The number of nitrogens with one attached hydrogen (secondary N) is 2. The predicted octanol–water partition coefficient (Wildman–Crippen LogP) is 1.61. The van der Waals surface area contributed by atoms with Gasteiger partial charge in [-0.2, -0.15) is 0 Å². The van der Waals surface area contributed by atoms with Gasteiger partial charge in [0.2, 0.25) is 5.91 Å². The van der Waals surface area contributed by atoms with E-state index in [1.54, 1.807) is 7.05 Å². The highest BCUT2D eigenvalue weighted by Gasteiger charge is 2.27. The molecule has 0 aliphatic rings.